The summed E-state index contributed by atoms with van der Waals surface area (Å²) in [5, 5.41) is 6.82. The number of ether oxygens (including phenoxy) is 3. The summed E-state index contributed by atoms with van der Waals surface area (Å²) in [5.74, 6) is 2.83. The summed E-state index contributed by atoms with van der Waals surface area (Å²) in [5.41, 5.74) is 1.14. The topological polar surface area (TPSA) is 75.7 Å². The number of benzene rings is 1. The van der Waals surface area contributed by atoms with Crippen molar-refractivity contribution in [2.45, 2.75) is 6.54 Å². The van der Waals surface area contributed by atoms with Gasteiger partial charge in [0.05, 0.1) is 21.3 Å². The summed E-state index contributed by atoms with van der Waals surface area (Å²) in [6.45, 7) is 4.58. The molecule has 0 aliphatic carbocycles. The highest BCUT2D eigenvalue weighted by Crippen LogP contribution is 2.38. The van der Waals surface area contributed by atoms with Gasteiger partial charge in [-0.15, -0.1) is 0 Å². The van der Waals surface area contributed by atoms with E-state index >= 15 is 0 Å². The summed E-state index contributed by atoms with van der Waals surface area (Å²) in [7, 11) is 4.89. The molecule has 24 heavy (non-hydrogen) atoms. The fourth-order valence-electron chi connectivity index (χ4n) is 2.95. The van der Waals surface area contributed by atoms with Gasteiger partial charge in [-0.25, -0.2) is 5.10 Å². The Morgan fingerprint density at radius 1 is 1.00 bits per heavy atom. The van der Waals surface area contributed by atoms with E-state index in [1.807, 2.05) is 12.1 Å². The Kier molecular flexibility index (Phi) is 5.05. The smallest absolute Gasteiger partial charge is 0.221 e. The van der Waals surface area contributed by atoms with E-state index in [9.17, 15) is 0 Å². The average Bonchev–Trinajstić information content (AvgIpc) is 3.16. The van der Waals surface area contributed by atoms with Crippen LogP contribution in [0, 0.1) is 0 Å². The van der Waals surface area contributed by atoms with Crippen molar-refractivity contribution in [3.63, 3.8) is 0 Å². The van der Waals surface area contributed by atoms with Crippen molar-refractivity contribution in [1.82, 2.24) is 20.1 Å². The molecular formula is C16H23N5O3. The predicted octanol–water partition coefficient (Wildman–Crippen LogP) is 1.15. The van der Waals surface area contributed by atoms with Gasteiger partial charge in [0.25, 0.3) is 0 Å². The molecule has 0 amide bonds. The Hall–Kier alpha value is -2.48. The van der Waals surface area contributed by atoms with Crippen LogP contribution in [0.2, 0.25) is 0 Å². The third kappa shape index (κ3) is 3.38. The number of nitrogens with one attached hydrogen (secondary N) is 1. The number of piperazine rings is 1. The van der Waals surface area contributed by atoms with Crippen LogP contribution in [-0.4, -0.2) is 67.6 Å². The molecule has 3 rings (SSSR count). The first-order chi connectivity index (χ1) is 11.7. The maximum Gasteiger partial charge on any atom is 0.221 e. The van der Waals surface area contributed by atoms with E-state index < -0.39 is 0 Å². The van der Waals surface area contributed by atoms with Gasteiger partial charge in [0.2, 0.25) is 11.7 Å². The van der Waals surface area contributed by atoms with Crippen molar-refractivity contribution in [2.24, 2.45) is 0 Å². The van der Waals surface area contributed by atoms with Crippen molar-refractivity contribution in [2.75, 3.05) is 52.4 Å². The van der Waals surface area contributed by atoms with E-state index in [0.717, 1.165) is 44.2 Å². The first-order valence-electron chi connectivity index (χ1n) is 7.86. The minimum absolute atomic E-state index is 0.624. The summed E-state index contributed by atoms with van der Waals surface area (Å²) >= 11 is 0. The third-order valence-corrected chi connectivity index (χ3v) is 4.20. The van der Waals surface area contributed by atoms with Gasteiger partial charge < -0.3 is 19.1 Å². The first-order valence-corrected chi connectivity index (χ1v) is 7.86. The number of anilines is 1. The largest absolute Gasteiger partial charge is 0.493 e. The van der Waals surface area contributed by atoms with Crippen LogP contribution in [0.4, 0.5) is 5.95 Å². The zero-order chi connectivity index (χ0) is 16.9. The number of aromatic nitrogens is 3. The normalized spacial score (nSPS) is 15.4. The first kappa shape index (κ1) is 16.4. The number of nitrogens with zero attached hydrogens (tertiary/aromatic N) is 4. The molecule has 0 unspecified atom stereocenters. The van der Waals surface area contributed by atoms with Crippen LogP contribution < -0.4 is 19.1 Å². The van der Waals surface area contributed by atoms with Gasteiger partial charge in [0.1, 0.15) is 6.33 Å². The quantitative estimate of drug-likeness (QED) is 0.850. The fourth-order valence-corrected chi connectivity index (χ4v) is 2.95. The molecule has 0 radical (unpaired) electrons. The lowest BCUT2D eigenvalue weighted by atomic mass is 10.1. The monoisotopic (exact) mass is 333 g/mol. The highest BCUT2D eigenvalue weighted by molar-refractivity contribution is 5.53. The molecule has 1 aromatic heterocycles. The number of hydrogen-bond donors (Lipinski definition) is 1. The number of H-pyrrole nitrogens is 1. The highest BCUT2D eigenvalue weighted by atomic mass is 16.5. The fraction of sp³-hybridized carbons (Fsp3) is 0.500. The minimum atomic E-state index is 0.624. The molecular weight excluding hydrogens is 310 g/mol. The maximum absolute atomic E-state index is 5.42. The van der Waals surface area contributed by atoms with Crippen LogP contribution in [0.1, 0.15) is 5.56 Å². The SMILES string of the molecule is COc1cc(CN2CCN(c3ncn[nH]3)CC2)cc(OC)c1OC. The van der Waals surface area contributed by atoms with Crippen LogP contribution in [0.5, 0.6) is 17.2 Å². The second kappa shape index (κ2) is 7.39. The molecule has 0 spiro atoms. The number of methoxy groups -OCH3 is 3. The molecule has 1 saturated heterocycles. The van der Waals surface area contributed by atoms with Gasteiger partial charge in [0.15, 0.2) is 11.5 Å². The Bertz CT molecular complexity index is 629. The Labute approximate surface area is 141 Å². The van der Waals surface area contributed by atoms with Gasteiger partial charge in [-0.05, 0) is 17.7 Å². The lowest BCUT2D eigenvalue weighted by molar-refractivity contribution is 0.247. The molecule has 0 bridgehead atoms. The molecule has 130 valence electrons. The molecule has 0 atom stereocenters. The average molecular weight is 333 g/mol. The zero-order valence-corrected chi connectivity index (χ0v) is 14.3. The Balaban J connectivity index is 1.66. The molecule has 1 aliphatic rings. The molecule has 2 aromatic rings. The summed E-state index contributed by atoms with van der Waals surface area (Å²) in [6, 6.07) is 4.01. The van der Waals surface area contributed by atoms with E-state index in [1.165, 1.54) is 6.33 Å². The van der Waals surface area contributed by atoms with Gasteiger partial charge in [0, 0.05) is 32.7 Å². The second-order valence-corrected chi connectivity index (χ2v) is 5.61. The van der Waals surface area contributed by atoms with Gasteiger partial charge in [-0.1, -0.05) is 0 Å². The van der Waals surface area contributed by atoms with E-state index in [-0.39, 0.29) is 0 Å². The van der Waals surface area contributed by atoms with Gasteiger partial charge in [-0.2, -0.15) is 10.1 Å². The predicted molar refractivity (Wildman–Crippen MR) is 90.0 cm³/mol. The zero-order valence-electron chi connectivity index (χ0n) is 14.3. The number of hydrogen-bond acceptors (Lipinski definition) is 7. The van der Waals surface area contributed by atoms with Crippen LogP contribution in [0.15, 0.2) is 18.5 Å². The molecule has 1 aliphatic heterocycles. The van der Waals surface area contributed by atoms with Crippen LogP contribution >= 0.6 is 0 Å². The molecule has 1 aromatic carbocycles. The molecule has 1 fully saturated rings. The van der Waals surface area contributed by atoms with Gasteiger partial charge in [-0.3, -0.25) is 4.90 Å². The van der Waals surface area contributed by atoms with E-state index in [0.29, 0.717) is 17.2 Å². The summed E-state index contributed by atoms with van der Waals surface area (Å²) in [4.78, 5) is 8.81. The molecule has 2 heterocycles. The number of aromatic amines is 1. The van der Waals surface area contributed by atoms with Crippen molar-refractivity contribution < 1.29 is 14.2 Å². The maximum atomic E-state index is 5.42. The van der Waals surface area contributed by atoms with E-state index in [4.69, 9.17) is 14.2 Å². The van der Waals surface area contributed by atoms with Crippen LogP contribution in [0.3, 0.4) is 0 Å². The third-order valence-electron chi connectivity index (χ3n) is 4.20. The van der Waals surface area contributed by atoms with Crippen LogP contribution in [-0.2, 0) is 6.54 Å². The van der Waals surface area contributed by atoms with Gasteiger partial charge >= 0.3 is 0 Å². The molecule has 0 saturated carbocycles. The minimum Gasteiger partial charge on any atom is -0.493 e. The standard InChI is InChI=1S/C16H23N5O3/c1-22-13-8-12(9-14(23-2)15(13)24-3)10-20-4-6-21(7-5-20)16-17-11-18-19-16/h8-9,11H,4-7,10H2,1-3H3,(H,17,18,19). The lowest BCUT2D eigenvalue weighted by Crippen LogP contribution is -2.46. The molecule has 8 nitrogen and oxygen atoms in total. The Morgan fingerprint density at radius 3 is 2.17 bits per heavy atom. The Morgan fingerprint density at radius 2 is 1.67 bits per heavy atom. The summed E-state index contributed by atoms with van der Waals surface area (Å²) in [6.07, 6.45) is 1.54. The lowest BCUT2D eigenvalue weighted by Gasteiger charge is -2.34. The van der Waals surface area contributed by atoms with E-state index in [2.05, 4.69) is 25.0 Å². The van der Waals surface area contributed by atoms with Crippen molar-refractivity contribution in [3.05, 3.63) is 24.0 Å². The van der Waals surface area contributed by atoms with Crippen LogP contribution in [0.25, 0.3) is 0 Å². The number of rotatable bonds is 6. The second-order valence-electron chi connectivity index (χ2n) is 5.61. The van der Waals surface area contributed by atoms with Crippen molar-refractivity contribution >= 4 is 5.95 Å². The molecule has 8 heteroatoms. The van der Waals surface area contributed by atoms with Crippen molar-refractivity contribution in [3.8, 4) is 17.2 Å². The molecule has 1 N–H and O–H groups in total. The van der Waals surface area contributed by atoms with Crippen molar-refractivity contribution in [1.29, 1.82) is 0 Å². The van der Waals surface area contributed by atoms with E-state index in [1.54, 1.807) is 21.3 Å². The summed E-state index contributed by atoms with van der Waals surface area (Å²) < 4.78 is 16.2. The highest BCUT2D eigenvalue weighted by Gasteiger charge is 2.20.